The Balaban J connectivity index is 1.52. The van der Waals surface area contributed by atoms with Gasteiger partial charge in [0, 0.05) is 48.6 Å². The van der Waals surface area contributed by atoms with Crippen molar-refractivity contribution in [1.29, 1.82) is 0 Å². The van der Waals surface area contributed by atoms with E-state index in [0.717, 1.165) is 47.5 Å². The van der Waals surface area contributed by atoms with Crippen LogP contribution in [-0.4, -0.2) is 54.6 Å². The Morgan fingerprint density at radius 3 is 2.83 bits per heavy atom. The molecule has 29 heavy (non-hydrogen) atoms. The summed E-state index contributed by atoms with van der Waals surface area (Å²) in [6, 6.07) is 6.45. The van der Waals surface area contributed by atoms with Crippen molar-refractivity contribution in [3.63, 3.8) is 0 Å². The number of anilines is 1. The van der Waals surface area contributed by atoms with Crippen LogP contribution in [0.3, 0.4) is 0 Å². The highest BCUT2D eigenvalue weighted by Crippen LogP contribution is 2.44. The molecule has 2 aliphatic heterocycles. The molecule has 0 radical (unpaired) electrons. The van der Waals surface area contributed by atoms with Gasteiger partial charge in [-0.1, -0.05) is 6.08 Å². The molecular formula is C22H23BrN4O2. The number of hydrogen-bond donors (Lipinski definition) is 0. The van der Waals surface area contributed by atoms with Crippen molar-refractivity contribution in [2.75, 3.05) is 37.7 Å². The molecule has 150 valence electrons. The number of fused-ring (bicyclic) bond motifs is 2. The van der Waals surface area contributed by atoms with Gasteiger partial charge < -0.3 is 19.1 Å². The SMILES string of the molecule is CCOC(=O)N1CCN(c2ccc(Br)c3c2N=CC2=CCCc4ccn-3c42)CC1. The van der Waals surface area contributed by atoms with Gasteiger partial charge in [-0.2, -0.15) is 0 Å². The molecule has 3 heterocycles. The number of amides is 1. The van der Waals surface area contributed by atoms with Gasteiger partial charge in [0.25, 0.3) is 0 Å². The standard InChI is InChI=1S/C22H23BrN4O2/c1-2-29-22(28)26-12-10-25(11-13-26)18-7-6-17(23)21-19(18)24-14-16-5-3-4-15-8-9-27(21)20(15)16/h5-9,14H,2-4,10-13H2,1H3. The Labute approximate surface area is 178 Å². The van der Waals surface area contributed by atoms with E-state index in [9.17, 15) is 4.79 Å². The lowest BCUT2D eigenvalue weighted by Gasteiger charge is -2.36. The number of rotatable bonds is 2. The number of halogens is 1. The van der Waals surface area contributed by atoms with Gasteiger partial charge in [0.05, 0.1) is 23.7 Å². The summed E-state index contributed by atoms with van der Waals surface area (Å²) in [7, 11) is 0. The second kappa shape index (κ2) is 7.37. The van der Waals surface area contributed by atoms with Gasteiger partial charge in [0.2, 0.25) is 0 Å². The van der Waals surface area contributed by atoms with Gasteiger partial charge in [0.1, 0.15) is 5.69 Å². The Kier molecular flexibility index (Phi) is 4.70. The maximum absolute atomic E-state index is 12.0. The van der Waals surface area contributed by atoms with Crippen molar-refractivity contribution in [3.05, 3.63) is 46.2 Å². The molecule has 0 atom stereocenters. The van der Waals surface area contributed by atoms with Crippen LogP contribution in [0.2, 0.25) is 0 Å². The van der Waals surface area contributed by atoms with Gasteiger partial charge >= 0.3 is 6.09 Å². The first-order valence-corrected chi connectivity index (χ1v) is 10.9. The molecule has 1 aliphatic carbocycles. The predicted molar refractivity (Wildman–Crippen MR) is 119 cm³/mol. The van der Waals surface area contributed by atoms with Crippen molar-refractivity contribution in [1.82, 2.24) is 9.47 Å². The number of aromatic nitrogens is 1. The Morgan fingerprint density at radius 2 is 2.03 bits per heavy atom. The molecule has 0 unspecified atom stereocenters. The zero-order valence-electron chi connectivity index (χ0n) is 16.4. The van der Waals surface area contributed by atoms with Crippen LogP contribution in [0.1, 0.15) is 24.6 Å². The van der Waals surface area contributed by atoms with Gasteiger partial charge in [-0.05, 0) is 59.5 Å². The molecule has 1 aromatic carbocycles. The number of ether oxygens (including phenoxy) is 1. The average molecular weight is 455 g/mol. The number of hydrogen-bond acceptors (Lipinski definition) is 4. The summed E-state index contributed by atoms with van der Waals surface area (Å²) < 4.78 is 8.45. The molecule has 3 aliphatic rings. The van der Waals surface area contributed by atoms with Crippen molar-refractivity contribution in [3.8, 4) is 5.69 Å². The quantitative estimate of drug-likeness (QED) is 0.667. The molecule has 1 amide bonds. The zero-order valence-corrected chi connectivity index (χ0v) is 18.0. The fourth-order valence-corrected chi connectivity index (χ4v) is 4.92. The number of benzene rings is 1. The van der Waals surface area contributed by atoms with E-state index in [1.165, 1.54) is 16.8 Å². The molecule has 1 aromatic heterocycles. The minimum absolute atomic E-state index is 0.225. The monoisotopic (exact) mass is 454 g/mol. The summed E-state index contributed by atoms with van der Waals surface area (Å²) >= 11 is 3.76. The number of carbonyl (C=O) groups excluding carboxylic acids is 1. The fourth-order valence-electron chi connectivity index (χ4n) is 4.41. The zero-order chi connectivity index (χ0) is 20.0. The Bertz CT molecular complexity index is 1030. The molecule has 6 nitrogen and oxygen atoms in total. The smallest absolute Gasteiger partial charge is 0.409 e. The highest BCUT2D eigenvalue weighted by molar-refractivity contribution is 9.10. The maximum atomic E-state index is 12.0. The summed E-state index contributed by atoms with van der Waals surface area (Å²) in [5, 5.41) is 0. The first-order valence-electron chi connectivity index (χ1n) is 10.1. The minimum Gasteiger partial charge on any atom is -0.450 e. The molecule has 2 aromatic rings. The number of nitrogens with zero attached hydrogens (tertiary/aromatic N) is 4. The van der Waals surface area contributed by atoms with E-state index in [2.05, 4.69) is 55.9 Å². The van der Waals surface area contributed by atoms with Crippen molar-refractivity contribution in [2.24, 2.45) is 4.99 Å². The third-order valence-electron chi connectivity index (χ3n) is 5.82. The van der Waals surface area contributed by atoms with Crippen LogP contribution in [0.4, 0.5) is 16.2 Å². The van der Waals surface area contributed by atoms with Crippen molar-refractivity contribution in [2.45, 2.75) is 19.8 Å². The summed E-state index contributed by atoms with van der Waals surface area (Å²) in [4.78, 5) is 21.0. The summed E-state index contributed by atoms with van der Waals surface area (Å²) in [6.07, 6.45) is 8.34. The second-order valence-electron chi connectivity index (χ2n) is 7.45. The van der Waals surface area contributed by atoms with Crippen LogP contribution in [0.25, 0.3) is 11.3 Å². The lowest BCUT2D eigenvalue weighted by atomic mass is 9.98. The van der Waals surface area contributed by atoms with E-state index in [4.69, 9.17) is 9.73 Å². The van der Waals surface area contributed by atoms with Gasteiger partial charge in [-0.25, -0.2) is 4.79 Å². The Morgan fingerprint density at radius 1 is 1.21 bits per heavy atom. The van der Waals surface area contributed by atoms with E-state index < -0.39 is 0 Å². The minimum atomic E-state index is -0.225. The summed E-state index contributed by atoms with van der Waals surface area (Å²) in [6.45, 7) is 5.06. The highest BCUT2D eigenvalue weighted by atomic mass is 79.9. The fraction of sp³-hybridized carbons (Fsp3) is 0.364. The van der Waals surface area contributed by atoms with E-state index in [1.54, 1.807) is 4.90 Å². The average Bonchev–Trinajstić information content (AvgIpc) is 3.08. The van der Waals surface area contributed by atoms with Crippen LogP contribution in [0.15, 0.2) is 39.9 Å². The first kappa shape index (κ1) is 18.5. The molecule has 0 N–H and O–H groups in total. The molecular weight excluding hydrogens is 432 g/mol. The highest BCUT2D eigenvalue weighted by Gasteiger charge is 2.28. The normalized spacial score (nSPS) is 17.4. The van der Waals surface area contributed by atoms with E-state index in [0.29, 0.717) is 19.7 Å². The van der Waals surface area contributed by atoms with Crippen molar-refractivity contribution >= 4 is 45.2 Å². The van der Waals surface area contributed by atoms with E-state index in [-0.39, 0.29) is 6.09 Å². The summed E-state index contributed by atoms with van der Waals surface area (Å²) in [5.41, 5.74) is 6.98. The number of aliphatic imine (C=N–C) groups is 1. The molecule has 1 saturated heterocycles. The van der Waals surface area contributed by atoms with Crippen LogP contribution < -0.4 is 4.90 Å². The van der Waals surface area contributed by atoms with Crippen molar-refractivity contribution < 1.29 is 9.53 Å². The largest absolute Gasteiger partial charge is 0.450 e. The molecule has 0 saturated carbocycles. The lowest BCUT2D eigenvalue weighted by molar-refractivity contribution is 0.105. The van der Waals surface area contributed by atoms with E-state index in [1.807, 2.05) is 13.1 Å². The number of allylic oxidation sites excluding steroid dienone is 2. The first-order chi connectivity index (χ1) is 14.2. The molecule has 1 fully saturated rings. The van der Waals surface area contributed by atoms with Gasteiger partial charge in [-0.15, -0.1) is 0 Å². The number of aryl methyl sites for hydroxylation is 1. The van der Waals surface area contributed by atoms with Crippen LogP contribution >= 0.6 is 15.9 Å². The number of carbonyl (C=O) groups is 1. The van der Waals surface area contributed by atoms with Gasteiger partial charge in [-0.3, -0.25) is 4.99 Å². The third-order valence-corrected chi connectivity index (χ3v) is 6.46. The lowest BCUT2D eigenvalue weighted by Crippen LogP contribution is -2.49. The Hall–Kier alpha value is -2.54. The van der Waals surface area contributed by atoms with Crippen LogP contribution in [-0.2, 0) is 11.2 Å². The number of piperazine rings is 1. The third kappa shape index (κ3) is 3.08. The molecule has 0 spiro atoms. The van der Waals surface area contributed by atoms with Crippen LogP contribution in [0, 0.1) is 0 Å². The van der Waals surface area contributed by atoms with E-state index >= 15 is 0 Å². The topological polar surface area (TPSA) is 50.1 Å². The predicted octanol–water partition coefficient (Wildman–Crippen LogP) is 4.56. The molecule has 7 heteroatoms. The summed E-state index contributed by atoms with van der Waals surface area (Å²) in [5.74, 6) is 0. The molecule has 5 rings (SSSR count). The second-order valence-corrected chi connectivity index (χ2v) is 8.31. The maximum Gasteiger partial charge on any atom is 0.409 e. The van der Waals surface area contributed by atoms with Gasteiger partial charge in [0.15, 0.2) is 0 Å². The van der Waals surface area contributed by atoms with Crippen LogP contribution in [0.5, 0.6) is 0 Å². The molecule has 0 bridgehead atoms.